The highest BCUT2D eigenvalue weighted by molar-refractivity contribution is 6.99. The third kappa shape index (κ3) is 6.49. The van der Waals surface area contributed by atoms with Gasteiger partial charge in [0.15, 0.2) is 0 Å². The Morgan fingerprint density at radius 3 is 1.86 bits per heavy atom. The van der Waals surface area contributed by atoms with E-state index in [9.17, 15) is 0 Å². The molecule has 2 aromatic carbocycles. The van der Waals surface area contributed by atoms with Crippen LogP contribution in [0.15, 0.2) is 60.7 Å². The molecular weight excluding hydrogens is 380 g/mol. The van der Waals surface area contributed by atoms with Crippen LogP contribution in [0.1, 0.15) is 34.1 Å². The molecule has 4 nitrogen and oxygen atoms in total. The maximum Gasteiger partial charge on any atom is 0.261 e. The number of ether oxygens (including phenoxy) is 3. The molecule has 5 heteroatoms. The van der Waals surface area contributed by atoms with Crippen molar-refractivity contribution in [1.29, 1.82) is 0 Å². The van der Waals surface area contributed by atoms with Gasteiger partial charge in [-0.25, -0.2) is 0 Å². The van der Waals surface area contributed by atoms with Gasteiger partial charge in [0, 0.05) is 13.7 Å². The lowest BCUT2D eigenvalue weighted by molar-refractivity contribution is -0.0960. The van der Waals surface area contributed by atoms with Crippen LogP contribution in [0.25, 0.3) is 0 Å². The molecule has 0 fully saturated rings. The van der Waals surface area contributed by atoms with Crippen LogP contribution in [-0.2, 0) is 18.6 Å². The molecule has 1 atom stereocenters. The van der Waals surface area contributed by atoms with Gasteiger partial charge in [0.2, 0.25) is 0 Å². The Hall–Kier alpha value is -1.50. The summed E-state index contributed by atoms with van der Waals surface area (Å²) in [6.45, 7) is 11.0. The molecule has 0 amide bonds. The second kappa shape index (κ2) is 11.6. The summed E-state index contributed by atoms with van der Waals surface area (Å²) >= 11 is 0. The molecule has 0 aliphatic heterocycles. The Kier molecular flexibility index (Phi) is 9.53. The van der Waals surface area contributed by atoms with Crippen molar-refractivity contribution in [2.75, 3.05) is 33.7 Å². The van der Waals surface area contributed by atoms with Gasteiger partial charge < -0.3 is 18.6 Å². The summed E-state index contributed by atoms with van der Waals surface area (Å²) in [6.07, 6.45) is 0.883. The number of hydrogen-bond acceptors (Lipinski definition) is 4. The second-order valence-corrected chi connectivity index (χ2v) is 12.6. The first kappa shape index (κ1) is 23.8. The Morgan fingerprint density at radius 1 is 0.828 bits per heavy atom. The van der Waals surface area contributed by atoms with Crippen molar-refractivity contribution in [2.45, 2.75) is 45.3 Å². The van der Waals surface area contributed by atoms with Crippen LogP contribution in [0.4, 0.5) is 0 Å². The maximum absolute atomic E-state index is 6.88. The minimum absolute atomic E-state index is 0.0108. The monoisotopic (exact) mass is 416 g/mol. The largest absolute Gasteiger partial charge is 0.407 e. The summed E-state index contributed by atoms with van der Waals surface area (Å²) in [5.74, 6) is 0. The van der Waals surface area contributed by atoms with E-state index in [0.29, 0.717) is 19.8 Å². The first-order valence-corrected chi connectivity index (χ1v) is 12.3. The van der Waals surface area contributed by atoms with Gasteiger partial charge in [0.1, 0.15) is 6.79 Å². The Labute approximate surface area is 177 Å². The zero-order chi connectivity index (χ0) is 21.2. The molecule has 0 radical (unpaired) electrons. The van der Waals surface area contributed by atoms with Crippen LogP contribution < -0.4 is 10.4 Å². The quantitative estimate of drug-likeness (QED) is 0.298. The van der Waals surface area contributed by atoms with E-state index in [1.54, 1.807) is 7.11 Å². The first-order valence-electron chi connectivity index (χ1n) is 10.3. The predicted molar refractivity (Wildman–Crippen MR) is 121 cm³/mol. The van der Waals surface area contributed by atoms with Gasteiger partial charge in [-0.3, -0.25) is 0 Å². The van der Waals surface area contributed by atoms with Crippen LogP contribution >= 0.6 is 0 Å². The van der Waals surface area contributed by atoms with Crippen LogP contribution in [-0.4, -0.2) is 48.1 Å². The average molecular weight is 417 g/mol. The van der Waals surface area contributed by atoms with E-state index >= 15 is 0 Å². The molecular formula is C24H36O4Si. The van der Waals surface area contributed by atoms with E-state index in [1.807, 2.05) is 0 Å². The lowest BCUT2D eigenvalue weighted by Crippen LogP contribution is -2.66. The SMILES string of the molecule is COCCOCOC(C)CCO[Si](c1ccccc1)(c1ccccc1)C(C)(C)C. The Bertz CT molecular complexity index is 646. The molecule has 0 bridgehead atoms. The smallest absolute Gasteiger partial charge is 0.261 e. The van der Waals surface area contributed by atoms with Gasteiger partial charge in [0.05, 0.1) is 19.3 Å². The third-order valence-corrected chi connectivity index (χ3v) is 10.2. The molecule has 160 valence electrons. The predicted octanol–water partition coefficient (Wildman–Crippen LogP) is 3.98. The van der Waals surface area contributed by atoms with E-state index in [0.717, 1.165) is 6.42 Å². The van der Waals surface area contributed by atoms with Crippen LogP contribution in [0.2, 0.25) is 5.04 Å². The van der Waals surface area contributed by atoms with E-state index < -0.39 is 8.32 Å². The first-order chi connectivity index (χ1) is 13.9. The lowest BCUT2D eigenvalue weighted by Gasteiger charge is -2.43. The average Bonchev–Trinajstić information content (AvgIpc) is 2.71. The fourth-order valence-corrected chi connectivity index (χ4v) is 8.17. The Balaban J connectivity index is 2.13. The molecule has 0 saturated carbocycles. The minimum atomic E-state index is -2.47. The lowest BCUT2D eigenvalue weighted by atomic mass is 10.2. The van der Waals surface area contributed by atoms with E-state index in [2.05, 4.69) is 88.4 Å². The van der Waals surface area contributed by atoms with Gasteiger partial charge in [0.25, 0.3) is 8.32 Å². The molecule has 0 N–H and O–H groups in total. The summed E-state index contributed by atoms with van der Waals surface area (Å²) in [5.41, 5.74) is 0. The topological polar surface area (TPSA) is 36.9 Å². The van der Waals surface area contributed by atoms with E-state index in [-0.39, 0.29) is 17.9 Å². The summed E-state index contributed by atoms with van der Waals surface area (Å²) in [6, 6.07) is 21.4. The molecule has 0 aliphatic carbocycles. The summed E-state index contributed by atoms with van der Waals surface area (Å²) in [5, 5.41) is 2.59. The van der Waals surface area contributed by atoms with Crippen LogP contribution in [0.3, 0.4) is 0 Å². The van der Waals surface area contributed by atoms with Crippen molar-refractivity contribution in [2.24, 2.45) is 0 Å². The third-order valence-electron chi connectivity index (χ3n) is 5.13. The van der Waals surface area contributed by atoms with E-state index in [4.69, 9.17) is 18.6 Å². The standard InChI is InChI=1S/C24H36O4Si/c1-21(27-20-26-19-18-25-5)16-17-28-29(24(2,3)4,22-12-8-6-9-13-22)23-14-10-7-11-15-23/h6-15,21H,16-20H2,1-5H3. The number of methoxy groups -OCH3 is 1. The summed E-state index contributed by atoms with van der Waals surface area (Å²) in [7, 11) is -0.807. The number of hydrogen-bond donors (Lipinski definition) is 0. The normalized spacial score (nSPS) is 13.4. The Morgan fingerprint density at radius 2 is 1.38 bits per heavy atom. The molecule has 29 heavy (non-hydrogen) atoms. The van der Waals surface area contributed by atoms with Gasteiger partial charge in [-0.2, -0.15) is 0 Å². The van der Waals surface area contributed by atoms with Crippen LogP contribution in [0, 0.1) is 0 Å². The van der Waals surface area contributed by atoms with Crippen molar-refractivity contribution in [1.82, 2.24) is 0 Å². The molecule has 2 rings (SSSR count). The summed E-state index contributed by atoms with van der Waals surface area (Å²) < 4.78 is 23.0. The van der Waals surface area contributed by atoms with Crippen molar-refractivity contribution in [3.05, 3.63) is 60.7 Å². The minimum Gasteiger partial charge on any atom is -0.407 e. The molecule has 1 unspecified atom stereocenters. The van der Waals surface area contributed by atoms with E-state index in [1.165, 1.54) is 10.4 Å². The highest BCUT2D eigenvalue weighted by Gasteiger charge is 2.49. The molecule has 0 heterocycles. The van der Waals surface area contributed by atoms with Gasteiger partial charge in [-0.1, -0.05) is 81.4 Å². The van der Waals surface area contributed by atoms with Crippen LogP contribution in [0.5, 0.6) is 0 Å². The van der Waals surface area contributed by atoms with Gasteiger partial charge in [-0.15, -0.1) is 0 Å². The second-order valence-electron chi connectivity index (χ2n) is 8.30. The summed E-state index contributed by atoms with van der Waals surface area (Å²) in [4.78, 5) is 0. The van der Waals surface area contributed by atoms with Gasteiger partial charge in [-0.05, 0) is 28.8 Å². The van der Waals surface area contributed by atoms with Crippen molar-refractivity contribution >= 4 is 18.7 Å². The molecule has 0 spiro atoms. The van der Waals surface area contributed by atoms with Crippen molar-refractivity contribution < 1.29 is 18.6 Å². The van der Waals surface area contributed by atoms with Gasteiger partial charge >= 0.3 is 0 Å². The van der Waals surface area contributed by atoms with Crippen molar-refractivity contribution in [3.8, 4) is 0 Å². The highest BCUT2D eigenvalue weighted by Crippen LogP contribution is 2.36. The molecule has 0 aromatic heterocycles. The molecule has 2 aromatic rings. The molecule has 0 aliphatic rings. The highest BCUT2D eigenvalue weighted by atomic mass is 28.4. The molecule has 0 saturated heterocycles. The van der Waals surface area contributed by atoms with Crippen molar-refractivity contribution in [3.63, 3.8) is 0 Å². The fourth-order valence-electron chi connectivity index (χ4n) is 3.59. The number of benzene rings is 2. The maximum atomic E-state index is 6.88. The number of rotatable bonds is 12. The zero-order valence-corrected chi connectivity index (χ0v) is 19.5. The zero-order valence-electron chi connectivity index (χ0n) is 18.5. The fraction of sp³-hybridized carbons (Fsp3) is 0.500.